The van der Waals surface area contributed by atoms with Crippen molar-refractivity contribution in [3.8, 4) is 0 Å². The minimum absolute atomic E-state index is 0.0101. The minimum atomic E-state index is -1.25. The molecular formula is C21H27FN4O4. The molecule has 162 valence electrons. The van der Waals surface area contributed by atoms with Crippen molar-refractivity contribution in [1.82, 2.24) is 4.90 Å². The van der Waals surface area contributed by atoms with Crippen LogP contribution in [0.2, 0.25) is 0 Å². The summed E-state index contributed by atoms with van der Waals surface area (Å²) in [5.41, 5.74) is 4.36. The number of nitrogens with zero attached hydrogens (tertiary/aromatic N) is 2. The Hall–Kier alpha value is -2.68. The van der Waals surface area contributed by atoms with Crippen LogP contribution in [0, 0.1) is 29.0 Å². The zero-order valence-corrected chi connectivity index (χ0v) is 17.4. The van der Waals surface area contributed by atoms with Crippen LogP contribution in [0.5, 0.6) is 0 Å². The number of aliphatic hydroxyl groups excluding tert-OH is 1. The van der Waals surface area contributed by atoms with Gasteiger partial charge < -0.3 is 21.3 Å². The number of carboxylic acids is 1. The third kappa shape index (κ3) is 2.71. The number of carbonyl (C=O) groups excluding carboxylic acids is 1. The summed E-state index contributed by atoms with van der Waals surface area (Å²) in [7, 11) is 1.53. The molecule has 1 heterocycles. The van der Waals surface area contributed by atoms with Crippen LogP contribution in [0.25, 0.3) is 0 Å². The van der Waals surface area contributed by atoms with Gasteiger partial charge in [0, 0.05) is 18.3 Å². The lowest BCUT2D eigenvalue weighted by Crippen LogP contribution is -2.58. The van der Waals surface area contributed by atoms with Gasteiger partial charge in [0.1, 0.15) is 11.4 Å². The molecule has 2 aliphatic carbocycles. The van der Waals surface area contributed by atoms with Gasteiger partial charge in [0.2, 0.25) is 5.91 Å². The number of aliphatic imine (C=N–C) groups is 1. The number of nitrogens with one attached hydrogen (secondary N) is 1. The van der Waals surface area contributed by atoms with Crippen molar-refractivity contribution in [3.05, 3.63) is 29.6 Å². The molecule has 1 amide bonds. The lowest BCUT2D eigenvalue weighted by Gasteiger charge is -2.46. The van der Waals surface area contributed by atoms with E-state index >= 15 is 0 Å². The Balaban J connectivity index is 1.69. The summed E-state index contributed by atoms with van der Waals surface area (Å²) in [6, 6.07) is 3.97. The van der Waals surface area contributed by atoms with E-state index in [9.17, 15) is 24.2 Å². The first-order valence-corrected chi connectivity index (χ1v) is 10.0. The molecule has 30 heavy (non-hydrogen) atoms. The maximum atomic E-state index is 14.9. The number of aliphatic carboxylic acids is 1. The highest BCUT2D eigenvalue weighted by Gasteiger charge is 2.65. The number of benzene rings is 1. The first-order valence-electron chi connectivity index (χ1n) is 10.0. The van der Waals surface area contributed by atoms with Crippen LogP contribution >= 0.6 is 0 Å². The molecule has 8 nitrogen and oxygen atoms in total. The average Bonchev–Trinajstić information content (AvgIpc) is 3.29. The number of carboxylic acid groups (broad SMARTS) is 1. The van der Waals surface area contributed by atoms with E-state index in [1.54, 1.807) is 26.8 Å². The van der Waals surface area contributed by atoms with Crippen LogP contribution in [-0.4, -0.2) is 52.1 Å². The van der Waals surface area contributed by atoms with Crippen molar-refractivity contribution >= 4 is 23.5 Å². The van der Waals surface area contributed by atoms with E-state index in [4.69, 9.17) is 5.73 Å². The van der Waals surface area contributed by atoms with Gasteiger partial charge in [-0.25, -0.2) is 9.38 Å². The zero-order valence-electron chi connectivity index (χ0n) is 17.4. The number of carbonyl (C=O) groups is 2. The predicted octanol–water partition coefficient (Wildman–Crippen LogP) is 1.35. The Bertz CT molecular complexity index is 964. The van der Waals surface area contributed by atoms with E-state index in [0.29, 0.717) is 12.1 Å². The van der Waals surface area contributed by atoms with Crippen molar-refractivity contribution < 1.29 is 24.2 Å². The summed E-state index contributed by atoms with van der Waals surface area (Å²) in [5.74, 6) is -2.29. The Morgan fingerprint density at radius 3 is 2.67 bits per heavy atom. The molecule has 0 saturated heterocycles. The summed E-state index contributed by atoms with van der Waals surface area (Å²) in [6.45, 7) is 5.08. The quantitative estimate of drug-likeness (QED) is 0.584. The molecule has 2 fully saturated rings. The van der Waals surface area contributed by atoms with Crippen LogP contribution in [0.15, 0.2) is 23.2 Å². The number of amides is 1. The van der Waals surface area contributed by atoms with Gasteiger partial charge in [-0.05, 0) is 57.2 Å². The third-order valence-corrected chi connectivity index (χ3v) is 7.42. The van der Waals surface area contributed by atoms with Gasteiger partial charge in [0.25, 0.3) is 0 Å². The molecule has 6 atom stereocenters. The maximum absolute atomic E-state index is 14.9. The van der Waals surface area contributed by atoms with Gasteiger partial charge in [-0.1, -0.05) is 0 Å². The van der Waals surface area contributed by atoms with Crippen molar-refractivity contribution in [3.63, 3.8) is 0 Å². The Kier molecular flexibility index (Phi) is 4.40. The molecule has 0 radical (unpaired) electrons. The first kappa shape index (κ1) is 20.6. The second kappa shape index (κ2) is 6.41. The highest BCUT2D eigenvalue weighted by molar-refractivity contribution is 6.01. The number of aliphatic hydroxyl groups is 1. The van der Waals surface area contributed by atoms with Gasteiger partial charge in [-0.15, -0.1) is 0 Å². The van der Waals surface area contributed by atoms with Crippen molar-refractivity contribution in [2.45, 2.75) is 44.9 Å². The molecule has 0 spiro atoms. The zero-order chi connectivity index (χ0) is 22.2. The average molecular weight is 418 g/mol. The van der Waals surface area contributed by atoms with Gasteiger partial charge in [0.15, 0.2) is 5.96 Å². The molecule has 5 N–H and O–H groups in total. The van der Waals surface area contributed by atoms with E-state index in [2.05, 4.69) is 10.3 Å². The number of rotatable bonds is 4. The van der Waals surface area contributed by atoms with Gasteiger partial charge in [-0.2, -0.15) is 0 Å². The fourth-order valence-corrected chi connectivity index (χ4v) is 5.17. The van der Waals surface area contributed by atoms with Crippen LogP contribution < -0.4 is 11.1 Å². The molecule has 0 aromatic heterocycles. The number of anilines is 1. The van der Waals surface area contributed by atoms with Crippen molar-refractivity contribution in [2.75, 3.05) is 12.4 Å². The van der Waals surface area contributed by atoms with Crippen LogP contribution in [-0.2, 0) is 15.1 Å². The number of hydrogen-bond donors (Lipinski definition) is 4. The number of nitrogens with two attached hydrogens (primary N) is 1. The monoisotopic (exact) mass is 418 g/mol. The minimum Gasteiger partial charge on any atom is -0.481 e. The topological polar surface area (TPSA) is 128 Å². The molecular weight excluding hydrogens is 391 g/mol. The summed E-state index contributed by atoms with van der Waals surface area (Å²) in [6.07, 6.45) is -0.241. The smallest absolute Gasteiger partial charge is 0.307 e. The maximum Gasteiger partial charge on any atom is 0.307 e. The standard InChI is InChI=1S/C21H27FN4O4/c1-20(2)18(30)26(4)19(23)25-21(20,3)11-7-9(5-6-12(11)22)24-16-13(27)8-10-14(16)15(10)17(28)29/h5-7,10,13-16,24,27H,8H2,1-4H3,(H2,23,25)(H,28,29). The molecule has 9 heteroatoms. The van der Waals surface area contributed by atoms with E-state index in [0.717, 1.165) is 0 Å². The second-order valence-corrected chi connectivity index (χ2v) is 9.30. The Morgan fingerprint density at radius 2 is 2.03 bits per heavy atom. The van der Waals surface area contributed by atoms with Gasteiger partial charge in [-0.3, -0.25) is 14.5 Å². The van der Waals surface area contributed by atoms with Crippen molar-refractivity contribution in [2.24, 2.45) is 33.9 Å². The predicted molar refractivity (Wildman–Crippen MR) is 108 cm³/mol. The highest BCUT2D eigenvalue weighted by atomic mass is 19.1. The van der Waals surface area contributed by atoms with E-state index in [1.807, 2.05) is 0 Å². The lowest BCUT2D eigenvalue weighted by molar-refractivity contribution is -0.141. The van der Waals surface area contributed by atoms with E-state index in [1.165, 1.54) is 24.1 Å². The molecule has 1 aliphatic heterocycles. The van der Waals surface area contributed by atoms with Crippen LogP contribution in [0.3, 0.4) is 0 Å². The normalized spacial score (nSPS) is 36.9. The molecule has 3 aliphatic rings. The summed E-state index contributed by atoms with van der Waals surface area (Å²) >= 11 is 0. The van der Waals surface area contributed by atoms with Gasteiger partial charge >= 0.3 is 5.97 Å². The molecule has 2 saturated carbocycles. The SMILES string of the molecule is CN1C(=O)C(C)(C)C(C)(c2cc(NC3C(O)CC4C(C(=O)O)C43)ccc2F)N=C1N. The first-order chi connectivity index (χ1) is 13.9. The highest BCUT2D eigenvalue weighted by Crippen LogP contribution is 2.58. The second-order valence-electron chi connectivity index (χ2n) is 9.30. The molecule has 1 aromatic carbocycles. The number of halogens is 1. The molecule has 6 unspecified atom stereocenters. The van der Waals surface area contributed by atoms with Crippen LogP contribution in [0.1, 0.15) is 32.8 Å². The largest absolute Gasteiger partial charge is 0.481 e. The Morgan fingerprint density at radius 1 is 1.37 bits per heavy atom. The fraction of sp³-hybridized carbons (Fsp3) is 0.571. The third-order valence-electron chi connectivity index (χ3n) is 7.42. The molecule has 4 rings (SSSR count). The summed E-state index contributed by atoms with van der Waals surface area (Å²) in [5, 5.41) is 22.9. The Labute approximate surface area is 174 Å². The molecule has 1 aromatic rings. The van der Waals surface area contributed by atoms with E-state index < -0.39 is 40.8 Å². The lowest BCUT2D eigenvalue weighted by atomic mass is 9.67. The van der Waals surface area contributed by atoms with Gasteiger partial charge in [0.05, 0.1) is 23.5 Å². The number of guanidine groups is 1. The van der Waals surface area contributed by atoms with E-state index in [-0.39, 0.29) is 29.3 Å². The fourth-order valence-electron chi connectivity index (χ4n) is 5.17. The van der Waals surface area contributed by atoms with Crippen molar-refractivity contribution in [1.29, 1.82) is 0 Å². The summed E-state index contributed by atoms with van der Waals surface area (Å²) < 4.78 is 14.9. The van der Waals surface area contributed by atoms with Crippen LogP contribution in [0.4, 0.5) is 10.1 Å². The number of fused-ring (bicyclic) bond motifs is 1. The number of hydrogen-bond acceptors (Lipinski definition) is 6. The molecule has 0 bridgehead atoms. The summed E-state index contributed by atoms with van der Waals surface area (Å²) in [4.78, 5) is 30.0.